The van der Waals surface area contributed by atoms with Gasteiger partial charge in [0.1, 0.15) is 5.69 Å². The molecule has 200 valence electrons. The summed E-state index contributed by atoms with van der Waals surface area (Å²) < 4.78 is 43.8. The highest BCUT2D eigenvalue weighted by Crippen LogP contribution is 2.33. The number of rotatable bonds is 7. The van der Waals surface area contributed by atoms with Gasteiger partial charge in [-0.2, -0.15) is 23.4 Å². The van der Waals surface area contributed by atoms with Gasteiger partial charge in [-0.25, -0.2) is 9.50 Å². The van der Waals surface area contributed by atoms with Crippen LogP contribution in [0.25, 0.3) is 16.9 Å². The molecule has 4 rings (SSSR count). The monoisotopic (exact) mass is 527 g/mol. The fourth-order valence-corrected chi connectivity index (χ4v) is 3.84. The van der Waals surface area contributed by atoms with Gasteiger partial charge in [-0.3, -0.25) is 14.3 Å². The number of hydrogen-bond acceptors (Lipinski definition) is 5. The van der Waals surface area contributed by atoms with Crippen molar-refractivity contribution in [2.24, 2.45) is 13.0 Å². The number of carbonyl (C=O) groups is 2. The van der Waals surface area contributed by atoms with Crippen LogP contribution in [0.4, 0.5) is 18.9 Å². The van der Waals surface area contributed by atoms with Crippen LogP contribution in [0.3, 0.4) is 0 Å². The number of aromatic nitrogens is 5. The highest BCUT2D eigenvalue weighted by molar-refractivity contribution is 6.07. The van der Waals surface area contributed by atoms with E-state index in [1.807, 2.05) is 39.8 Å². The molecule has 0 aliphatic carbocycles. The van der Waals surface area contributed by atoms with E-state index in [2.05, 4.69) is 25.8 Å². The second-order valence-electron chi connectivity index (χ2n) is 9.69. The maximum Gasteiger partial charge on any atom is 0.433 e. The summed E-state index contributed by atoms with van der Waals surface area (Å²) in [4.78, 5) is 29.9. The molecule has 0 spiro atoms. The van der Waals surface area contributed by atoms with Crippen LogP contribution in [0, 0.1) is 5.92 Å². The normalized spacial score (nSPS) is 11.9. The quantitative estimate of drug-likeness (QED) is 0.355. The van der Waals surface area contributed by atoms with Crippen molar-refractivity contribution in [1.29, 1.82) is 0 Å². The summed E-state index contributed by atoms with van der Waals surface area (Å²) in [6, 6.07) is 9.20. The average Bonchev–Trinajstić information content (AvgIpc) is 3.44. The number of carbonyl (C=O) groups excluding carboxylic acids is 2. The number of aryl methyl sites for hydroxylation is 1. The lowest BCUT2D eigenvalue weighted by Gasteiger charge is -2.12. The van der Waals surface area contributed by atoms with E-state index < -0.39 is 23.7 Å². The Hall–Kier alpha value is -4.22. The Morgan fingerprint density at radius 3 is 2.32 bits per heavy atom. The van der Waals surface area contributed by atoms with Gasteiger partial charge in [0, 0.05) is 25.2 Å². The predicted molar refractivity (Wildman–Crippen MR) is 136 cm³/mol. The number of alkyl halides is 3. The van der Waals surface area contributed by atoms with Crippen LogP contribution in [0.2, 0.25) is 0 Å². The molecule has 0 fully saturated rings. The number of halogens is 3. The summed E-state index contributed by atoms with van der Waals surface area (Å²) >= 11 is 0. The minimum Gasteiger partial charge on any atom is -0.350 e. The Morgan fingerprint density at radius 1 is 1.03 bits per heavy atom. The lowest BCUT2D eigenvalue weighted by atomic mass is 10.0. The Bertz CT molecular complexity index is 1490. The van der Waals surface area contributed by atoms with E-state index in [9.17, 15) is 22.8 Å². The summed E-state index contributed by atoms with van der Waals surface area (Å²) in [7, 11) is 1.54. The third-order valence-corrected chi connectivity index (χ3v) is 5.90. The minimum absolute atomic E-state index is 0.100. The molecule has 4 aromatic rings. The molecular weight excluding hydrogens is 499 g/mol. The topological polar surface area (TPSA) is 106 Å². The maximum absolute atomic E-state index is 14.0. The lowest BCUT2D eigenvalue weighted by Crippen LogP contribution is -2.30. The maximum atomic E-state index is 14.0. The third kappa shape index (κ3) is 5.53. The van der Waals surface area contributed by atoms with Crippen LogP contribution < -0.4 is 10.6 Å². The highest BCUT2D eigenvalue weighted by atomic mass is 19.4. The molecule has 2 N–H and O–H groups in total. The van der Waals surface area contributed by atoms with Gasteiger partial charge in [-0.15, -0.1) is 0 Å². The molecule has 0 saturated carbocycles. The highest BCUT2D eigenvalue weighted by Gasteiger charge is 2.36. The second kappa shape index (κ2) is 10.3. The largest absolute Gasteiger partial charge is 0.433 e. The molecule has 0 radical (unpaired) electrons. The van der Waals surface area contributed by atoms with Crippen molar-refractivity contribution in [2.75, 3.05) is 11.9 Å². The molecule has 0 saturated heterocycles. The smallest absolute Gasteiger partial charge is 0.350 e. The molecule has 38 heavy (non-hydrogen) atoms. The molecule has 0 aliphatic heterocycles. The molecular formula is C26H28F3N7O2. The Kier molecular flexibility index (Phi) is 7.25. The van der Waals surface area contributed by atoms with E-state index in [-0.39, 0.29) is 40.3 Å². The first kappa shape index (κ1) is 26.8. The average molecular weight is 528 g/mol. The van der Waals surface area contributed by atoms with E-state index >= 15 is 0 Å². The van der Waals surface area contributed by atoms with Gasteiger partial charge in [0.2, 0.25) is 0 Å². The summed E-state index contributed by atoms with van der Waals surface area (Å²) in [5, 5.41) is 13.2. The van der Waals surface area contributed by atoms with Crippen LogP contribution in [-0.2, 0) is 13.2 Å². The molecule has 3 heterocycles. The van der Waals surface area contributed by atoms with E-state index in [1.165, 1.54) is 16.9 Å². The van der Waals surface area contributed by atoms with Gasteiger partial charge in [0.05, 0.1) is 17.6 Å². The van der Waals surface area contributed by atoms with Gasteiger partial charge in [-0.1, -0.05) is 52.0 Å². The molecule has 0 atom stereocenters. The van der Waals surface area contributed by atoms with E-state index in [4.69, 9.17) is 0 Å². The van der Waals surface area contributed by atoms with Crippen molar-refractivity contribution in [2.45, 2.75) is 39.8 Å². The summed E-state index contributed by atoms with van der Waals surface area (Å²) in [5.41, 5.74) is 0.336. The van der Waals surface area contributed by atoms with Crippen LogP contribution in [0.5, 0.6) is 0 Å². The SMILES string of the molecule is CC(C)CNC(=O)c1c(NC(=O)c2cc3nc(-c4ccc(C(C)C)cc4)cc(C(F)(F)F)n3n2)cnn1C. The van der Waals surface area contributed by atoms with Gasteiger partial charge < -0.3 is 10.6 Å². The first-order valence-corrected chi connectivity index (χ1v) is 12.0. The summed E-state index contributed by atoms with van der Waals surface area (Å²) in [6.45, 7) is 8.33. The number of hydrogen-bond donors (Lipinski definition) is 2. The first-order chi connectivity index (χ1) is 17.8. The van der Waals surface area contributed by atoms with Crippen molar-refractivity contribution in [3.8, 4) is 11.3 Å². The van der Waals surface area contributed by atoms with Gasteiger partial charge in [0.15, 0.2) is 17.0 Å². The predicted octanol–water partition coefficient (Wildman–Crippen LogP) is 4.91. The Labute approximate surface area is 217 Å². The van der Waals surface area contributed by atoms with E-state index in [0.29, 0.717) is 16.6 Å². The number of nitrogens with one attached hydrogen (secondary N) is 2. The molecule has 12 heteroatoms. The van der Waals surface area contributed by atoms with Gasteiger partial charge in [0.25, 0.3) is 11.8 Å². The standard InChI is InChI=1S/C26H28F3N7O2/c1-14(2)12-30-25(38)23-20(13-31-35(23)5)33-24(37)19-11-22-32-18(10-21(26(27,28)29)36(22)34-19)17-8-6-16(7-9-17)15(3)4/h6-11,13-15H,12H2,1-5H3,(H,30,38)(H,33,37). The Balaban J connectivity index is 1.69. The van der Waals surface area contributed by atoms with Crippen LogP contribution >= 0.6 is 0 Å². The van der Waals surface area contributed by atoms with E-state index in [0.717, 1.165) is 11.6 Å². The zero-order chi connectivity index (χ0) is 27.8. The van der Waals surface area contributed by atoms with E-state index in [1.54, 1.807) is 19.2 Å². The van der Waals surface area contributed by atoms with Crippen molar-refractivity contribution in [1.82, 2.24) is 29.7 Å². The van der Waals surface area contributed by atoms with Crippen molar-refractivity contribution in [3.05, 3.63) is 65.2 Å². The number of nitrogens with zero attached hydrogens (tertiary/aromatic N) is 5. The summed E-state index contributed by atoms with van der Waals surface area (Å²) in [6.07, 6.45) is -3.46. The molecule has 1 aromatic carbocycles. The number of anilines is 1. The van der Waals surface area contributed by atoms with Crippen molar-refractivity contribution >= 4 is 23.1 Å². The second-order valence-corrected chi connectivity index (χ2v) is 9.69. The fourth-order valence-electron chi connectivity index (χ4n) is 3.84. The van der Waals surface area contributed by atoms with Crippen molar-refractivity contribution < 1.29 is 22.8 Å². The molecule has 2 amide bonds. The molecule has 3 aromatic heterocycles. The molecule has 0 aliphatic rings. The Morgan fingerprint density at radius 2 is 1.71 bits per heavy atom. The molecule has 0 bridgehead atoms. The molecule has 0 unspecified atom stereocenters. The van der Waals surface area contributed by atoms with Crippen LogP contribution in [-0.4, -0.2) is 42.7 Å². The lowest BCUT2D eigenvalue weighted by molar-refractivity contribution is -0.142. The van der Waals surface area contributed by atoms with Crippen LogP contribution in [0.15, 0.2) is 42.6 Å². The zero-order valence-electron chi connectivity index (χ0n) is 21.6. The number of benzene rings is 1. The van der Waals surface area contributed by atoms with Gasteiger partial charge >= 0.3 is 6.18 Å². The van der Waals surface area contributed by atoms with Gasteiger partial charge in [-0.05, 0) is 23.5 Å². The van der Waals surface area contributed by atoms with Crippen LogP contribution in [0.1, 0.15) is 65.8 Å². The summed E-state index contributed by atoms with van der Waals surface area (Å²) in [5.74, 6) is -0.783. The molecule has 9 nitrogen and oxygen atoms in total. The fraction of sp³-hybridized carbons (Fsp3) is 0.346. The van der Waals surface area contributed by atoms with Crippen molar-refractivity contribution in [3.63, 3.8) is 0 Å². The number of amides is 2. The number of fused-ring (bicyclic) bond motifs is 1. The minimum atomic E-state index is -4.75. The zero-order valence-corrected chi connectivity index (χ0v) is 21.6. The third-order valence-electron chi connectivity index (χ3n) is 5.90. The first-order valence-electron chi connectivity index (χ1n) is 12.0.